The highest BCUT2D eigenvalue weighted by Crippen LogP contribution is 2.31. The Balaban J connectivity index is 1.56. The van der Waals surface area contributed by atoms with E-state index in [1.165, 1.54) is 5.52 Å². The zero-order valence-corrected chi connectivity index (χ0v) is 15.7. The summed E-state index contributed by atoms with van der Waals surface area (Å²) in [5, 5.41) is 5.14. The SMILES string of the molecule is CCn1c2ccccc2c2cc(NC(=O)[C@@H](C)OC(=O)C3CCC3)ccc21. The standard InChI is InChI=1S/C22H24N2O3/c1-3-24-19-10-5-4-9-17(19)18-13-16(11-12-20(18)24)23-21(25)14(2)27-22(26)15-7-6-8-15/h4-5,9-15H,3,6-8H2,1-2H3,(H,23,25)/t14-/m1/s1. The average molecular weight is 364 g/mol. The topological polar surface area (TPSA) is 60.3 Å². The van der Waals surface area contributed by atoms with Gasteiger partial charge < -0.3 is 14.6 Å². The van der Waals surface area contributed by atoms with Gasteiger partial charge in [0.25, 0.3) is 5.91 Å². The quantitative estimate of drug-likeness (QED) is 0.679. The van der Waals surface area contributed by atoms with Gasteiger partial charge in [0.15, 0.2) is 6.10 Å². The molecule has 0 spiro atoms. The second kappa shape index (κ2) is 7.06. The number of para-hydroxylation sites is 1. The third-order valence-electron chi connectivity index (χ3n) is 5.46. The van der Waals surface area contributed by atoms with E-state index in [9.17, 15) is 9.59 Å². The lowest BCUT2D eigenvalue weighted by molar-refractivity contribution is -0.159. The minimum atomic E-state index is -0.800. The van der Waals surface area contributed by atoms with Crippen molar-refractivity contribution in [3.05, 3.63) is 42.5 Å². The van der Waals surface area contributed by atoms with Crippen LogP contribution in [0, 0.1) is 5.92 Å². The Bertz CT molecular complexity index is 1020. The van der Waals surface area contributed by atoms with Crippen molar-refractivity contribution < 1.29 is 14.3 Å². The van der Waals surface area contributed by atoms with E-state index >= 15 is 0 Å². The average Bonchev–Trinajstić information content (AvgIpc) is 2.93. The molecule has 3 aromatic rings. The second-order valence-corrected chi connectivity index (χ2v) is 7.19. The van der Waals surface area contributed by atoms with Gasteiger partial charge in [-0.3, -0.25) is 9.59 Å². The molecule has 1 N–H and O–H groups in total. The molecule has 1 aliphatic rings. The van der Waals surface area contributed by atoms with Gasteiger partial charge in [-0.15, -0.1) is 0 Å². The zero-order valence-electron chi connectivity index (χ0n) is 15.7. The molecule has 1 heterocycles. The first-order valence-corrected chi connectivity index (χ1v) is 9.61. The number of esters is 1. The van der Waals surface area contributed by atoms with Crippen molar-refractivity contribution >= 4 is 39.4 Å². The smallest absolute Gasteiger partial charge is 0.309 e. The number of rotatable bonds is 5. The molecule has 5 nitrogen and oxygen atoms in total. The number of hydrogen-bond donors (Lipinski definition) is 1. The van der Waals surface area contributed by atoms with Gasteiger partial charge >= 0.3 is 5.97 Å². The minimum absolute atomic E-state index is 0.0308. The number of carbonyl (C=O) groups is 2. The summed E-state index contributed by atoms with van der Waals surface area (Å²) in [7, 11) is 0. The number of fused-ring (bicyclic) bond motifs is 3. The molecule has 1 amide bonds. The molecule has 0 radical (unpaired) electrons. The predicted octanol–water partition coefficient (Wildman–Crippen LogP) is 4.48. The maximum Gasteiger partial charge on any atom is 0.309 e. The van der Waals surface area contributed by atoms with Crippen LogP contribution in [0.15, 0.2) is 42.5 Å². The van der Waals surface area contributed by atoms with E-state index in [-0.39, 0.29) is 17.8 Å². The van der Waals surface area contributed by atoms with E-state index in [1.807, 2.05) is 30.3 Å². The van der Waals surface area contributed by atoms with E-state index in [0.29, 0.717) is 5.69 Å². The van der Waals surface area contributed by atoms with Crippen LogP contribution in [0.4, 0.5) is 5.69 Å². The molecule has 0 unspecified atom stereocenters. The Kier molecular flexibility index (Phi) is 4.60. The Morgan fingerprint density at radius 3 is 2.59 bits per heavy atom. The van der Waals surface area contributed by atoms with Crippen LogP contribution in [-0.4, -0.2) is 22.5 Å². The highest BCUT2D eigenvalue weighted by atomic mass is 16.5. The molecule has 0 bridgehead atoms. The Labute approximate surface area is 158 Å². The molecule has 1 aromatic heterocycles. The largest absolute Gasteiger partial charge is 0.452 e. The molecule has 5 heteroatoms. The highest BCUT2D eigenvalue weighted by Gasteiger charge is 2.29. The van der Waals surface area contributed by atoms with E-state index in [4.69, 9.17) is 4.74 Å². The molecule has 140 valence electrons. The fraction of sp³-hybridized carbons (Fsp3) is 0.364. The molecular formula is C22H24N2O3. The first kappa shape index (κ1) is 17.6. The molecule has 27 heavy (non-hydrogen) atoms. The van der Waals surface area contributed by atoms with Gasteiger partial charge in [-0.25, -0.2) is 0 Å². The van der Waals surface area contributed by atoms with Gasteiger partial charge in [-0.2, -0.15) is 0 Å². The van der Waals surface area contributed by atoms with Crippen LogP contribution in [0.2, 0.25) is 0 Å². The number of aromatic nitrogens is 1. The number of ether oxygens (including phenoxy) is 1. The van der Waals surface area contributed by atoms with Crippen LogP contribution in [0.25, 0.3) is 21.8 Å². The third kappa shape index (κ3) is 3.18. The van der Waals surface area contributed by atoms with E-state index in [2.05, 4.69) is 28.9 Å². The van der Waals surface area contributed by atoms with E-state index in [0.717, 1.165) is 42.1 Å². The lowest BCUT2D eigenvalue weighted by Crippen LogP contribution is -2.34. The molecule has 1 atom stereocenters. The molecular weight excluding hydrogens is 340 g/mol. The number of carbonyl (C=O) groups excluding carboxylic acids is 2. The van der Waals surface area contributed by atoms with Gasteiger partial charge in [0.1, 0.15) is 0 Å². The number of nitrogens with zero attached hydrogens (tertiary/aromatic N) is 1. The van der Waals surface area contributed by atoms with Crippen LogP contribution in [0.5, 0.6) is 0 Å². The number of amides is 1. The van der Waals surface area contributed by atoms with Gasteiger partial charge in [0.2, 0.25) is 0 Å². The van der Waals surface area contributed by atoms with Crippen LogP contribution >= 0.6 is 0 Å². The molecule has 1 saturated carbocycles. The van der Waals surface area contributed by atoms with Crippen molar-refractivity contribution in [1.82, 2.24) is 4.57 Å². The summed E-state index contributed by atoms with van der Waals surface area (Å²) in [5.74, 6) is -0.594. The third-order valence-corrected chi connectivity index (χ3v) is 5.46. The lowest BCUT2D eigenvalue weighted by Gasteiger charge is -2.24. The Hall–Kier alpha value is -2.82. The highest BCUT2D eigenvalue weighted by molar-refractivity contribution is 6.10. The van der Waals surface area contributed by atoms with Crippen LogP contribution in [0.3, 0.4) is 0 Å². The second-order valence-electron chi connectivity index (χ2n) is 7.19. The maximum absolute atomic E-state index is 12.4. The predicted molar refractivity (Wildman–Crippen MR) is 107 cm³/mol. The number of anilines is 1. The van der Waals surface area contributed by atoms with Gasteiger partial charge in [-0.1, -0.05) is 24.6 Å². The number of hydrogen-bond acceptors (Lipinski definition) is 3. The summed E-state index contributed by atoms with van der Waals surface area (Å²) in [6.07, 6.45) is 1.99. The number of nitrogens with one attached hydrogen (secondary N) is 1. The summed E-state index contributed by atoms with van der Waals surface area (Å²) in [6.45, 7) is 4.62. The van der Waals surface area contributed by atoms with Crippen LogP contribution in [-0.2, 0) is 20.9 Å². The van der Waals surface area contributed by atoms with Crippen molar-refractivity contribution in [3.63, 3.8) is 0 Å². The maximum atomic E-state index is 12.4. The summed E-state index contributed by atoms with van der Waals surface area (Å²) in [6, 6.07) is 14.2. The van der Waals surface area contributed by atoms with E-state index < -0.39 is 6.10 Å². The Morgan fingerprint density at radius 2 is 1.89 bits per heavy atom. The fourth-order valence-corrected chi connectivity index (χ4v) is 3.68. The van der Waals surface area contributed by atoms with Crippen molar-refractivity contribution in [3.8, 4) is 0 Å². The zero-order chi connectivity index (χ0) is 19.0. The van der Waals surface area contributed by atoms with Crippen LogP contribution < -0.4 is 5.32 Å². The first-order chi connectivity index (χ1) is 13.1. The summed E-state index contributed by atoms with van der Waals surface area (Å²) >= 11 is 0. The van der Waals surface area contributed by atoms with Gasteiger partial charge in [0, 0.05) is 34.0 Å². The van der Waals surface area contributed by atoms with Crippen LogP contribution in [0.1, 0.15) is 33.1 Å². The van der Waals surface area contributed by atoms with Crippen molar-refractivity contribution in [2.75, 3.05) is 5.32 Å². The van der Waals surface area contributed by atoms with Crippen molar-refractivity contribution in [2.24, 2.45) is 5.92 Å². The van der Waals surface area contributed by atoms with E-state index in [1.54, 1.807) is 6.92 Å². The molecule has 0 aliphatic heterocycles. The molecule has 1 aliphatic carbocycles. The van der Waals surface area contributed by atoms with Gasteiger partial charge in [0.05, 0.1) is 5.92 Å². The summed E-state index contributed by atoms with van der Waals surface area (Å²) in [5.41, 5.74) is 3.03. The molecule has 2 aromatic carbocycles. The van der Waals surface area contributed by atoms with Gasteiger partial charge in [-0.05, 0) is 51.0 Å². The van der Waals surface area contributed by atoms with Crippen molar-refractivity contribution in [1.29, 1.82) is 0 Å². The monoisotopic (exact) mass is 364 g/mol. The molecule has 0 saturated heterocycles. The fourth-order valence-electron chi connectivity index (χ4n) is 3.68. The number of aryl methyl sites for hydroxylation is 1. The number of benzene rings is 2. The molecule has 1 fully saturated rings. The lowest BCUT2D eigenvalue weighted by atomic mass is 9.86. The minimum Gasteiger partial charge on any atom is -0.452 e. The summed E-state index contributed by atoms with van der Waals surface area (Å²) < 4.78 is 7.58. The summed E-state index contributed by atoms with van der Waals surface area (Å²) in [4.78, 5) is 24.4. The van der Waals surface area contributed by atoms with Crippen molar-refractivity contribution in [2.45, 2.75) is 45.8 Å². The molecule has 4 rings (SSSR count). The Morgan fingerprint density at radius 1 is 1.15 bits per heavy atom. The first-order valence-electron chi connectivity index (χ1n) is 9.61. The normalized spacial score (nSPS) is 15.5.